The minimum Gasteiger partial charge on any atom is -0.489 e. The minimum atomic E-state index is -4.31. The zero-order valence-electron chi connectivity index (χ0n) is 25.1. The largest absolute Gasteiger partial charge is 0.489 e. The van der Waals surface area contributed by atoms with Crippen LogP contribution in [0.25, 0.3) is 22.0 Å². The van der Waals surface area contributed by atoms with Crippen molar-refractivity contribution in [3.8, 4) is 16.9 Å². The van der Waals surface area contributed by atoms with Crippen molar-refractivity contribution >= 4 is 44.2 Å². The van der Waals surface area contributed by atoms with Crippen molar-refractivity contribution in [3.63, 3.8) is 0 Å². The van der Waals surface area contributed by atoms with Gasteiger partial charge in [-0.2, -0.15) is 0 Å². The predicted octanol–water partition coefficient (Wildman–Crippen LogP) is 6.30. The number of anilines is 2. The Bertz CT molecular complexity index is 1880. The van der Waals surface area contributed by atoms with Crippen molar-refractivity contribution in [2.45, 2.75) is 63.1 Å². The molecule has 2 aliphatic heterocycles. The van der Waals surface area contributed by atoms with Gasteiger partial charge in [0, 0.05) is 53.1 Å². The maximum absolute atomic E-state index is 16.1. The maximum Gasteiger partial charge on any atom is 0.265 e. The lowest BCUT2D eigenvalue weighted by molar-refractivity contribution is 0.140. The van der Waals surface area contributed by atoms with Crippen LogP contribution >= 0.6 is 11.6 Å². The Kier molecular flexibility index (Phi) is 8.59. The normalized spacial score (nSPS) is 17.5. The molecule has 6 rings (SSSR count). The number of aliphatic hydroxyl groups is 1. The Hall–Kier alpha value is -3.58. The van der Waals surface area contributed by atoms with Crippen LogP contribution in [0.3, 0.4) is 0 Å². The Balaban J connectivity index is 1.32. The van der Waals surface area contributed by atoms with Gasteiger partial charge in [0.2, 0.25) is 5.95 Å². The highest BCUT2D eigenvalue weighted by Gasteiger charge is 2.32. The summed E-state index contributed by atoms with van der Waals surface area (Å²) in [7, 11) is -4.31. The van der Waals surface area contributed by atoms with Crippen LogP contribution in [0.1, 0.15) is 50.8 Å². The Morgan fingerprint density at radius 2 is 1.91 bits per heavy atom. The van der Waals surface area contributed by atoms with Crippen molar-refractivity contribution in [2.24, 2.45) is 0 Å². The summed E-state index contributed by atoms with van der Waals surface area (Å²) >= 11 is 6.16. The first-order chi connectivity index (χ1) is 21.5. The van der Waals surface area contributed by atoms with Crippen LogP contribution in [-0.4, -0.2) is 60.2 Å². The van der Waals surface area contributed by atoms with Crippen LogP contribution in [0, 0.1) is 11.6 Å². The minimum absolute atomic E-state index is 0.00441. The number of fused-ring (bicyclic) bond motifs is 2. The standard InChI is InChI=1S/C32H34ClF2N5O4S/c1-4-20-26(39-45(42,43)28-14-18(33)13-22-27(41)16-44-31(22)28)8-6-24(34)29(20)21-5-7-25-23(30(21)35)15-36-32(38-25)37-19-9-11-40(12-10-19)17(2)3/h5-8,13-15,17,19,27,39,41H,4,9-12,16H2,1-3H3,(H,36,37,38)/t27-/m1/s1. The number of sulfonamides is 1. The number of likely N-dealkylation sites (tertiary alicyclic amines) is 1. The SMILES string of the molecule is CCc1c(NS(=O)(=O)c2cc(Cl)cc3c2OC[C@H]3O)ccc(F)c1-c1ccc2nc(NC3CCN(C(C)C)CC3)ncc2c1F. The van der Waals surface area contributed by atoms with Crippen molar-refractivity contribution in [3.05, 3.63) is 70.4 Å². The van der Waals surface area contributed by atoms with Gasteiger partial charge in [-0.25, -0.2) is 27.2 Å². The predicted molar refractivity (Wildman–Crippen MR) is 170 cm³/mol. The van der Waals surface area contributed by atoms with E-state index in [9.17, 15) is 13.5 Å². The third-order valence-corrected chi connectivity index (χ3v) is 10.1. The molecule has 3 aromatic carbocycles. The van der Waals surface area contributed by atoms with Crippen LogP contribution in [0.4, 0.5) is 20.4 Å². The van der Waals surface area contributed by atoms with Gasteiger partial charge in [0.25, 0.3) is 10.0 Å². The highest BCUT2D eigenvalue weighted by atomic mass is 35.5. The number of piperidine rings is 1. The second-order valence-corrected chi connectivity index (χ2v) is 13.7. The fraction of sp³-hybridized carbons (Fsp3) is 0.375. The van der Waals surface area contributed by atoms with E-state index in [0.29, 0.717) is 17.5 Å². The molecule has 0 unspecified atom stereocenters. The van der Waals surface area contributed by atoms with Crippen LogP contribution in [0.5, 0.6) is 5.75 Å². The monoisotopic (exact) mass is 657 g/mol. The molecular weight excluding hydrogens is 624 g/mol. The van der Waals surface area contributed by atoms with Gasteiger partial charge in [0.05, 0.1) is 16.6 Å². The molecule has 0 bridgehead atoms. The molecule has 0 saturated carbocycles. The number of hydrogen-bond acceptors (Lipinski definition) is 8. The molecule has 9 nitrogen and oxygen atoms in total. The summed E-state index contributed by atoms with van der Waals surface area (Å²) in [6.45, 7) is 7.92. The lowest BCUT2D eigenvalue weighted by Crippen LogP contribution is -2.42. The van der Waals surface area contributed by atoms with Gasteiger partial charge in [0.15, 0.2) is 0 Å². The average Bonchev–Trinajstić information content (AvgIpc) is 3.38. The number of aromatic nitrogens is 2. The number of ether oxygens (including phenoxy) is 1. The molecule has 0 aliphatic carbocycles. The van der Waals surface area contributed by atoms with Gasteiger partial charge >= 0.3 is 0 Å². The van der Waals surface area contributed by atoms with Crippen LogP contribution in [0.2, 0.25) is 5.02 Å². The van der Waals surface area contributed by atoms with E-state index in [4.69, 9.17) is 16.3 Å². The Labute approximate surface area is 265 Å². The highest BCUT2D eigenvalue weighted by molar-refractivity contribution is 7.92. The molecule has 1 aromatic heterocycles. The van der Waals surface area contributed by atoms with Gasteiger partial charge in [0.1, 0.15) is 35.0 Å². The molecule has 1 atom stereocenters. The lowest BCUT2D eigenvalue weighted by Gasteiger charge is -2.34. The zero-order valence-corrected chi connectivity index (χ0v) is 26.6. The summed E-state index contributed by atoms with van der Waals surface area (Å²) < 4.78 is 66.6. The number of aliphatic hydroxyl groups excluding tert-OH is 1. The van der Waals surface area contributed by atoms with E-state index in [1.54, 1.807) is 13.0 Å². The lowest BCUT2D eigenvalue weighted by atomic mass is 9.94. The van der Waals surface area contributed by atoms with E-state index in [2.05, 4.69) is 38.8 Å². The van der Waals surface area contributed by atoms with Crippen molar-refractivity contribution < 1.29 is 27.0 Å². The van der Waals surface area contributed by atoms with E-state index in [0.717, 1.165) is 32.0 Å². The third-order valence-electron chi connectivity index (χ3n) is 8.50. The zero-order chi connectivity index (χ0) is 32.0. The first-order valence-electron chi connectivity index (χ1n) is 14.9. The summed E-state index contributed by atoms with van der Waals surface area (Å²) in [4.78, 5) is 11.0. The highest BCUT2D eigenvalue weighted by Crippen LogP contribution is 2.42. The fourth-order valence-electron chi connectivity index (χ4n) is 6.09. The Morgan fingerprint density at radius 1 is 1.16 bits per heavy atom. The quantitative estimate of drug-likeness (QED) is 0.202. The first kappa shape index (κ1) is 31.4. The van der Waals surface area contributed by atoms with Gasteiger partial charge in [-0.05, 0) is 75.1 Å². The maximum atomic E-state index is 16.1. The van der Waals surface area contributed by atoms with E-state index in [1.165, 1.54) is 30.5 Å². The van der Waals surface area contributed by atoms with Gasteiger partial charge in [-0.1, -0.05) is 18.5 Å². The van der Waals surface area contributed by atoms with E-state index >= 15 is 8.78 Å². The summed E-state index contributed by atoms with van der Waals surface area (Å²) in [5.74, 6) is -1.03. The fourth-order valence-corrected chi connectivity index (χ4v) is 7.68. The van der Waals surface area contributed by atoms with Crippen LogP contribution in [0.15, 0.2) is 47.5 Å². The molecule has 1 fully saturated rings. The van der Waals surface area contributed by atoms with Gasteiger partial charge < -0.3 is 20.1 Å². The topological polar surface area (TPSA) is 117 Å². The van der Waals surface area contributed by atoms with Crippen LogP contribution in [-0.2, 0) is 16.4 Å². The Morgan fingerprint density at radius 3 is 2.62 bits per heavy atom. The molecule has 2 aliphatic rings. The molecule has 0 amide bonds. The molecule has 13 heteroatoms. The van der Waals surface area contributed by atoms with E-state index in [1.807, 2.05) is 0 Å². The summed E-state index contributed by atoms with van der Waals surface area (Å²) in [6.07, 6.45) is 2.43. The molecule has 45 heavy (non-hydrogen) atoms. The number of benzene rings is 3. The molecule has 3 heterocycles. The molecule has 4 aromatic rings. The van der Waals surface area contributed by atoms with Crippen molar-refractivity contribution in [1.82, 2.24) is 14.9 Å². The summed E-state index contributed by atoms with van der Waals surface area (Å²) in [6, 6.07) is 8.81. The molecule has 0 spiro atoms. The number of nitrogens with zero attached hydrogens (tertiary/aromatic N) is 3. The molecular formula is C32H34ClF2N5O4S. The number of hydrogen-bond donors (Lipinski definition) is 3. The molecule has 3 N–H and O–H groups in total. The number of halogens is 3. The van der Waals surface area contributed by atoms with Crippen molar-refractivity contribution in [2.75, 3.05) is 29.7 Å². The van der Waals surface area contributed by atoms with Gasteiger partial charge in [-0.3, -0.25) is 4.72 Å². The van der Waals surface area contributed by atoms with Crippen molar-refractivity contribution in [1.29, 1.82) is 0 Å². The number of nitrogens with one attached hydrogen (secondary N) is 2. The molecule has 0 radical (unpaired) electrons. The summed E-state index contributed by atoms with van der Waals surface area (Å²) in [5, 5.41) is 13.8. The second-order valence-electron chi connectivity index (χ2n) is 11.7. The molecule has 1 saturated heterocycles. The van der Waals surface area contributed by atoms with Gasteiger partial charge in [-0.15, -0.1) is 0 Å². The van der Waals surface area contributed by atoms with E-state index in [-0.39, 0.29) is 68.1 Å². The second kappa shape index (κ2) is 12.3. The average molecular weight is 658 g/mol. The van der Waals surface area contributed by atoms with E-state index < -0.39 is 27.8 Å². The van der Waals surface area contributed by atoms with Crippen LogP contribution < -0.4 is 14.8 Å². The summed E-state index contributed by atoms with van der Waals surface area (Å²) in [5.41, 5.74) is 0.829. The molecule has 238 valence electrons. The first-order valence-corrected chi connectivity index (χ1v) is 16.8. The number of rotatable bonds is 8. The third kappa shape index (κ3) is 6.04. The smallest absolute Gasteiger partial charge is 0.265 e.